The van der Waals surface area contributed by atoms with Crippen LogP contribution in [-0.2, 0) is 13.0 Å². The highest BCUT2D eigenvalue weighted by Crippen LogP contribution is 2.28. The minimum absolute atomic E-state index is 0.0716. The lowest BCUT2D eigenvalue weighted by atomic mass is 10.0. The minimum atomic E-state index is -0.0716. The van der Waals surface area contributed by atoms with Crippen molar-refractivity contribution in [2.24, 2.45) is 0 Å². The molecule has 0 atom stereocenters. The van der Waals surface area contributed by atoms with E-state index in [1.54, 1.807) is 0 Å². The molecule has 4 nitrogen and oxygen atoms in total. The van der Waals surface area contributed by atoms with E-state index in [-0.39, 0.29) is 5.91 Å². The maximum Gasteiger partial charge on any atom is 0.251 e. The lowest BCUT2D eigenvalue weighted by Gasteiger charge is -2.31. The van der Waals surface area contributed by atoms with Gasteiger partial charge in [-0.1, -0.05) is 42.5 Å². The largest absolute Gasteiger partial charge is 0.492 e. The monoisotopic (exact) mass is 400 g/mol. The number of nitrogens with one attached hydrogen (secondary N) is 1. The zero-order valence-corrected chi connectivity index (χ0v) is 17.4. The lowest BCUT2D eigenvalue weighted by Crippen LogP contribution is -2.29. The van der Waals surface area contributed by atoms with Gasteiger partial charge in [0.2, 0.25) is 0 Å². The number of nitrogens with zero attached hydrogens (tertiary/aromatic N) is 1. The molecule has 0 spiro atoms. The van der Waals surface area contributed by atoms with Crippen LogP contribution in [-0.4, -0.2) is 25.6 Å². The fraction of sp³-hybridized carbons (Fsp3) is 0.269. The average molecular weight is 401 g/mol. The molecule has 0 aliphatic carbocycles. The maximum absolute atomic E-state index is 12.4. The van der Waals surface area contributed by atoms with Crippen molar-refractivity contribution >= 4 is 11.6 Å². The van der Waals surface area contributed by atoms with Gasteiger partial charge in [-0.15, -0.1) is 0 Å². The molecule has 0 fully saturated rings. The highest BCUT2D eigenvalue weighted by molar-refractivity contribution is 5.94. The van der Waals surface area contributed by atoms with Crippen LogP contribution in [0.15, 0.2) is 72.8 Å². The Balaban J connectivity index is 1.28. The molecular formula is C26H28N2O2. The second-order valence-corrected chi connectivity index (χ2v) is 7.77. The van der Waals surface area contributed by atoms with Crippen molar-refractivity contribution in [2.75, 3.05) is 24.6 Å². The first-order valence-corrected chi connectivity index (χ1v) is 10.6. The Morgan fingerprint density at radius 1 is 1.03 bits per heavy atom. The fourth-order valence-electron chi connectivity index (χ4n) is 3.90. The summed E-state index contributed by atoms with van der Waals surface area (Å²) in [6.07, 6.45) is 2.33. The van der Waals surface area contributed by atoms with E-state index in [0.717, 1.165) is 30.8 Å². The summed E-state index contributed by atoms with van der Waals surface area (Å²) in [5.41, 5.74) is 5.80. The Hall–Kier alpha value is -3.27. The molecule has 0 unspecified atom stereocenters. The number of amides is 1. The van der Waals surface area contributed by atoms with Gasteiger partial charge in [-0.2, -0.15) is 0 Å². The molecule has 1 aliphatic rings. The molecule has 1 amide bonds. The molecule has 1 heterocycles. The zero-order chi connectivity index (χ0) is 20.8. The third-order valence-electron chi connectivity index (χ3n) is 5.44. The normalized spacial score (nSPS) is 12.9. The first kappa shape index (κ1) is 20.0. The molecule has 4 rings (SSSR count). The van der Waals surface area contributed by atoms with Gasteiger partial charge < -0.3 is 15.0 Å². The van der Waals surface area contributed by atoms with Crippen LogP contribution in [0.5, 0.6) is 5.75 Å². The summed E-state index contributed by atoms with van der Waals surface area (Å²) in [6, 6.07) is 24.5. The number of rotatable bonds is 7. The molecule has 1 N–H and O–H groups in total. The quantitative estimate of drug-likeness (QED) is 0.582. The Bertz CT molecular complexity index is 998. The Kier molecular flexibility index (Phi) is 6.33. The van der Waals surface area contributed by atoms with Crippen molar-refractivity contribution in [3.8, 4) is 5.75 Å². The van der Waals surface area contributed by atoms with E-state index in [1.807, 2.05) is 43.3 Å². The van der Waals surface area contributed by atoms with Crippen LogP contribution in [0.3, 0.4) is 0 Å². The van der Waals surface area contributed by atoms with Crippen molar-refractivity contribution in [2.45, 2.75) is 26.3 Å². The molecule has 0 saturated carbocycles. The molecule has 154 valence electrons. The van der Waals surface area contributed by atoms with Gasteiger partial charge in [0.25, 0.3) is 5.91 Å². The molecule has 0 aromatic heterocycles. The Labute approximate surface area is 178 Å². The van der Waals surface area contributed by atoms with Gasteiger partial charge in [-0.3, -0.25) is 4.79 Å². The summed E-state index contributed by atoms with van der Waals surface area (Å²) in [5, 5.41) is 2.92. The zero-order valence-electron chi connectivity index (χ0n) is 17.4. The van der Waals surface area contributed by atoms with Crippen LogP contribution in [0.4, 0.5) is 5.69 Å². The van der Waals surface area contributed by atoms with Crippen molar-refractivity contribution in [1.29, 1.82) is 0 Å². The van der Waals surface area contributed by atoms with Gasteiger partial charge in [0.1, 0.15) is 12.4 Å². The number of para-hydroxylation sites is 1. The maximum atomic E-state index is 12.4. The number of ether oxygens (including phenoxy) is 1. The van der Waals surface area contributed by atoms with E-state index in [4.69, 9.17) is 4.74 Å². The van der Waals surface area contributed by atoms with Gasteiger partial charge in [-0.25, -0.2) is 0 Å². The van der Waals surface area contributed by atoms with E-state index >= 15 is 0 Å². The van der Waals surface area contributed by atoms with Crippen LogP contribution in [0, 0.1) is 6.92 Å². The summed E-state index contributed by atoms with van der Waals surface area (Å²) >= 11 is 0. The lowest BCUT2D eigenvalue weighted by molar-refractivity contribution is 0.0947. The third kappa shape index (κ3) is 5.01. The van der Waals surface area contributed by atoms with E-state index < -0.39 is 0 Å². The number of hydrogen-bond acceptors (Lipinski definition) is 3. The van der Waals surface area contributed by atoms with Crippen LogP contribution >= 0.6 is 0 Å². The number of hydrogen-bond donors (Lipinski definition) is 1. The van der Waals surface area contributed by atoms with Gasteiger partial charge in [0.05, 0.1) is 6.54 Å². The number of carbonyl (C=O) groups is 1. The third-order valence-corrected chi connectivity index (χ3v) is 5.44. The van der Waals surface area contributed by atoms with E-state index in [9.17, 15) is 4.79 Å². The first-order chi connectivity index (χ1) is 14.7. The van der Waals surface area contributed by atoms with Crippen molar-refractivity contribution < 1.29 is 9.53 Å². The number of benzene rings is 3. The molecule has 3 aromatic rings. The second kappa shape index (κ2) is 9.49. The molecule has 30 heavy (non-hydrogen) atoms. The Morgan fingerprint density at radius 3 is 2.70 bits per heavy atom. The van der Waals surface area contributed by atoms with Gasteiger partial charge >= 0.3 is 0 Å². The standard InChI is InChI=1S/C26H28N2O2/c1-20-6-4-9-24(18-20)30-17-15-27-26(29)23-13-11-21(12-14-23)19-28-16-5-8-22-7-2-3-10-25(22)28/h2-4,6-7,9-14,18H,5,8,15-17,19H2,1H3,(H,27,29). The number of fused-ring (bicyclic) bond motifs is 1. The van der Waals surface area contributed by atoms with Crippen LogP contribution in [0.25, 0.3) is 0 Å². The van der Waals surface area contributed by atoms with E-state index in [0.29, 0.717) is 18.7 Å². The van der Waals surface area contributed by atoms with Crippen LogP contribution < -0.4 is 15.0 Å². The predicted molar refractivity (Wildman–Crippen MR) is 121 cm³/mol. The van der Waals surface area contributed by atoms with Gasteiger partial charge in [0, 0.05) is 24.3 Å². The summed E-state index contributed by atoms with van der Waals surface area (Å²) in [4.78, 5) is 14.8. The molecule has 1 aliphatic heterocycles. The number of aryl methyl sites for hydroxylation is 2. The van der Waals surface area contributed by atoms with Crippen molar-refractivity contribution in [3.63, 3.8) is 0 Å². The summed E-state index contributed by atoms with van der Waals surface area (Å²) in [5.74, 6) is 0.755. The van der Waals surface area contributed by atoms with E-state index in [2.05, 4.69) is 46.6 Å². The molecule has 0 radical (unpaired) electrons. The SMILES string of the molecule is Cc1cccc(OCCNC(=O)c2ccc(CN3CCCc4ccccc43)cc2)c1. The molecular weight excluding hydrogens is 372 g/mol. The highest BCUT2D eigenvalue weighted by Gasteiger charge is 2.16. The second-order valence-electron chi connectivity index (χ2n) is 7.77. The van der Waals surface area contributed by atoms with Crippen LogP contribution in [0.2, 0.25) is 0 Å². The summed E-state index contributed by atoms with van der Waals surface area (Å²) in [7, 11) is 0. The minimum Gasteiger partial charge on any atom is -0.492 e. The molecule has 4 heteroatoms. The molecule has 3 aromatic carbocycles. The predicted octanol–water partition coefficient (Wildman–Crippen LogP) is 4.76. The molecule has 0 saturated heterocycles. The average Bonchev–Trinajstić information content (AvgIpc) is 2.77. The molecule has 0 bridgehead atoms. The summed E-state index contributed by atoms with van der Waals surface area (Å²) < 4.78 is 5.69. The fourth-order valence-corrected chi connectivity index (χ4v) is 3.90. The first-order valence-electron chi connectivity index (χ1n) is 10.6. The topological polar surface area (TPSA) is 41.6 Å². The Morgan fingerprint density at radius 2 is 1.87 bits per heavy atom. The summed E-state index contributed by atoms with van der Waals surface area (Å²) in [6.45, 7) is 4.88. The smallest absolute Gasteiger partial charge is 0.251 e. The van der Waals surface area contributed by atoms with Crippen molar-refractivity contribution in [3.05, 3.63) is 95.1 Å². The highest BCUT2D eigenvalue weighted by atomic mass is 16.5. The van der Waals surface area contributed by atoms with E-state index in [1.165, 1.54) is 23.2 Å². The van der Waals surface area contributed by atoms with Crippen molar-refractivity contribution in [1.82, 2.24) is 5.32 Å². The van der Waals surface area contributed by atoms with Crippen LogP contribution in [0.1, 0.15) is 33.5 Å². The van der Waals surface area contributed by atoms with Gasteiger partial charge in [0.15, 0.2) is 0 Å². The number of anilines is 1. The number of carbonyl (C=O) groups excluding carboxylic acids is 1. The van der Waals surface area contributed by atoms with Gasteiger partial charge in [-0.05, 0) is 66.8 Å².